The van der Waals surface area contributed by atoms with Gasteiger partial charge in [0.25, 0.3) is 0 Å². The van der Waals surface area contributed by atoms with Gasteiger partial charge in [-0.2, -0.15) is 5.26 Å². The van der Waals surface area contributed by atoms with E-state index in [-0.39, 0.29) is 22.6 Å². The fourth-order valence-electron chi connectivity index (χ4n) is 6.87. The molecule has 2 atom stereocenters. The number of nitrogens with one attached hydrogen (secondary N) is 1. The van der Waals surface area contributed by atoms with Crippen LogP contribution in [0, 0.1) is 22.6 Å². The highest BCUT2D eigenvalue weighted by molar-refractivity contribution is 7.92. The van der Waals surface area contributed by atoms with Crippen molar-refractivity contribution in [1.82, 2.24) is 14.7 Å². The summed E-state index contributed by atoms with van der Waals surface area (Å²) in [5.41, 5.74) is 3.51. The maximum absolute atomic E-state index is 14.6. The summed E-state index contributed by atoms with van der Waals surface area (Å²) in [6.07, 6.45) is 4.27. The van der Waals surface area contributed by atoms with Crippen LogP contribution in [-0.4, -0.2) is 72.9 Å². The van der Waals surface area contributed by atoms with E-state index in [1.165, 1.54) is 31.4 Å². The van der Waals surface area contributed by atoms with E-state index in [0.717, 1.165) is 49.1 Å². The number of hydrogen-bond acceptors (Lipinski definition) is 7. The van der Waals surface area contributed by atoms with Crippen molar-refractivity contribution in [2.45, 2.75) is 37.0 Å². The lowest BCUT2D eigenvalue weighted by atomic mass is 9.72. The Labute approximate surface area is 227 Å². The third-order valence-electron chi connectivity index (χ3n) is 9.35. The molecule has 0 amide bonds. The molecule has 3 aromatic rings. The van der Waals surface area contributed by atoms with Crippen LogP contribution in [0.4, 0.5) is 15.9 Å². The predicted octanol–water partition coefficient (Wildman–Crippen LogP) is 3.82. The molecule has 0 saturated carbocycles. The van der Waals surface area contributed by atoms with Crippen LogP contribution in [0.25, 0.3) is 16.9 Å². The van der Waals surface area contributed by atoms with Crippen LogP contribution in [0.2, 0.25) is 0 Å². The average molecular weight is 547 g/mol. The predicted molar refractivity (Wildman–Crippen MR) is 148 cm³/mol. The number of anilines is 2. The molecular formula is C29H31FN6O2S. The number of piperidine rings is 3. The second-order valence-corrected chi connectivity index (χ2v) is 13.9. The van der Waals surface area contributed by atoms with Crippen molar-refractivity contribution in [3.63, 3.8) is 0 Å². The van der Waals surface area contributed by atoms with E-state index >= 15 is 0 Å². The Balaban J connectivity index is 1.19. The number of rotatable bonds is 6. The van der Waals surface area contributed by atoms with Gasteiger partial charge in [0.1, 0.15) is 17.7 Å². The summed E-state index contributed by atoms with van der Waals surface area (Å²) < 4.78 is 40.8. The van der Waals surface area contributed by atoms with Gasteiger partial charge in [0.2, 0.25) is 0 Å². The number of sulfone groups is 1. The van der Waals surface area contributed by atoms with E-state index in [1.807, 2.05) is 41.1 Å². The van der Waals surface area contributed by atoms with Crippen molar-refractivity contribution in [1.29, 1.82) is 5.26 Å². The van der Waals surface area contributed by atoms with Gasteiger partial charge >= 0.3 is 0 Å². The average Bonchev–Trinajstić information content (AvgIpc) is 3.65. The lowest BCUT2D eigenvalue weighted by Crippen LogP contribution is -2.50. The van der Waals surface area contributed by atoms with Gasteiger partial charge in [-0.05, 0) is 87.1 Å². The minimum atomic E-state index is -2.96. The quantitative estimate of drug-likeness (QED) is 0.502. The number of benzene rings is 2. The Morgan fingerprint density at radius 1 is 1.05 bits per heavy atom. The number of aromatic nitrogens is 2. The number of nitriles is 1. The largest absolute Gasteiger partial charge is 0.368 e. The van der Waals surface area contributed by atoms with Crippen molar-refractivity contribution in [2.75, 3.05) is 48.7 Å². The van der Waals surface area contributed by atoms with Crippen LogP contribution >= 0.6 is 0 Å². The van der Waals surface area contributed by atoms with Crippen LogP contribution in [0.1, 0.15) is 31.2 Å². The van der Waals surface area contributed by atoms with Crippen LogP contribution in [0.5, 0.6) is 0 Å². The standard InChI is InChI=1S/C29H31FN6O2S/c30-26-13-20(1-2-21(26)16-31)27-15-28(32-19-29-7-10-34(11-8-29)12-9-29)33-36(27)23-5-3-22(4-6-23)35-17-25-14-24(35)18-39(25,37)38/h1-6,13,15,24-25H,7-12,14,17-19H2,(H,32,33)/t24?,25-/m0/s1. The molecule has 6 heterocycles. The summed E-state index contributed by atoms with van der Waals surface area (Å²) in [7, 11) is -2.96. The Morgan fingerprint density at radius 3 is 2.38 bits per heavy atom. The highest BCUT2D eigenvalue weighted by Crippen LogP contribution is 2.40. The number of halogens is 1. The third kappa shape index (κ3) is 4.28. The summed E-state index contributed by atoms with van der Waals surface area (Å²) in [5.74, 6) is 0.407. The summed E-state index contributed by atoms with van der Waals surface area (Å²) in [6, 6.07) is 16.5. The van der Waals surface area contributed by atoms with Crippen molar-refractivity contribution in [2.24, 2.45) is 5.41 Å². The van der Waals surface area contributed by atoms with E-state index in [9.17, 15) is 18.1 Å². The zero-order valence-corrected chi connectivity index (χ0v) is 22.5. The van der Waals surface area contributed by atoms with E-state index in [0.29, 0.717) is 23.9 Å². The van der Waals surface area contributed by atoms with Gasteiger partial charge < -0.3 is 15.1 Å². The molecule has 5 fully saturated rings. The van der Waals surface area contributed by atoms with E-state index in [2.05, 4.69) is 15.1 Å². The van der Waals surface area contributed by atoms with Gasteiger partial charge in [0.15, 0.2) is 9.84 Å². The van der Waals surface area contributed by atoms with Crippen LogP contribution in [0.3, 0.4) is 0 Å². The van der Waals surface area contributed by atoms with Crippen LogP contribution < -0.4 is 10.2 Å². The molecule has 0 aliphatic carbocycles. The Morgan fingerprint density at radius 2 is 1.77 bits per heavy atom. The Kier molecular flexibility index (Phi) is 5.72. The van der Waals surface area contributed by atoms with E-state index in [4.69, 9.17) is 5.10 Å². The van der Waals surface area contributed by atoms with Crippen molar-refractivity contribution >= 4 is 21.3 Å². The molecule has 2 aromatic carbocycles. The Bertz CT molecular complexity index is 1560. The highest BCUT2D eigenvalue weighted by Gasteiger charge is 2.48. The second kappa shape index (κ2) is 9.07. The van der Waals surface area contributed by atoms with E-state index < -0.39 is 15.7 Å². The minimum Gasteiger partial charge on any atom is -0.368 e. The summed E-state index contributed by atoms with van der Waals surface area (Å²) in [4.78, 5) is 4.72. The SMILES string of the molecule is N#Cc1ccc(-c2cc(NCC34CCN(CC3)CC4)nn2-c2ccc(N3C[C@@H]4CC3CS4(=O)=O)cc2)cc1F. The van der Waals surface area contributed by atoms with Gasteiger partial charge in [0.05, 0.1) is 27.9 Å². The van der Waals surface area contributed by atoms with Crippen molar-refractivity contribution < 1.29 is 12.8 Å². The van der Waals surface area contributed by atoms with Crippen LogP contribution in [-0.2, 0) is 9.84 Å². The molecule has 0 radical (unpaired) electrons. The first-order valence-corrected chi connectivity index (χ1v) is 15.4. The molecule has 5 saturated heterocycles. The Hall–Kier alpha value is -3.42. The molecule has 202 valence electrons. The topological polar surface area (TPSA) is 94.3 Å². The molecule has 0 spiro atoms. The molecule has 5 aliphatic rings. The molecule has 10 heteroatoms. The van der Waals surface area contributed by atoms with Crippen LogP contribution in [0.15, 0.2) is 48.5 Å². The molecule has 8 nitrogen and oxygen atoms in total. The third-order valence-corrected chi connectivity index (χ3v) is 11.6. The molecule has 4 bridgehead atoms. The lowest BCUT2D eigenvalue weighted by molar-refractivity contribution is 0.0360. The van der Waals surface area contributed by atoms with E-state index in [1.54, 1.807) is 6.07 Å². The number of fused-ring (bicyclic) bond motifs is 5. The first-order chi connectivity index (χ1) is 18.8. The fraction of sp³-hybridized carbons (Fsp3) is 0.448. The summed E-state index contributed by atoms with van der Waals surface area (Å²) in [6.45, 7) is 4.87. The zero-order valence-electron chi connectivity index (χ0n) is 21.7. The normalized spacial score (nSPS) is 28.5. The van der Waals surface area contributed by atoms with Crippen molar-refractivity contribution in [3.05, 3.63) is 59.9 Å². The van der Waals surface area contributed by atoms with Gasteiger partial charge in [0, 0.05) is 36.4 Å². The maximum Gasteiger partial charge on any atom is 0.156 e. The fourth-order valence-corrected chi connectivity index (χ4v) is 8.90. The van der Waals surface area contributed by atoms with Gasteiger partial charge in [-0.3, -0.25) is 0 Å². The first kappa shape index (κ1) is 24.6. The molecule has 39 heavy (non-hydrogen) atoms. The lowest BCUT2D eigenvalue weighted by Gasteiger charge is -2.48. The zero-order chi connectivity index (χ0) is 26.8. The smallest absolute Gasteiger partial charge is 0.156 e. The van der Waals surface area contributed by atoms with Crippen molar-refractivity contribution in [3.8, 4) is 23.0 Å². The van der Waals surface area contributed by atoms with Gasteiger partial charge in [-0.25, -0.2) is 17.5 Å². The monoisotopic (exact) mass is 546 g/mol. The van der Waals surface area contributed by atoms with Gasteiger partial charge in [-0.15, -0.1) is 5.10 Å². The molecule has 5 aliphatic heterocycles. The molecule has 1 N–H and O–H groups in total. The molecule has 1 unspecified atom stereocenters. The minimum absolute atomic E-state index is 0.0113. The number of nitrogens with zero attached hydrogens (tertiary/aromatic N) is 5. The highest BCUT2D eigenvalue weighted by atomic mass is 32.2. The second-order valence-electron chi connectivity index (χ2n) is 11.6. The van der Waals surface area contributed by atoms with Gasteiger partial charge in [-0.1, -0.05) is 6.07 Å². The molecule has 8 rings (SSSR count). The number of hydrogen-bond donors (Lipinski definition) is 1. The molecule has 1 aromatic heterocycles. The summed E-state index contributed by atoms with van der Waals surface area (Å²) in [5, 5.41) is 17.4. The first-order valence-electron chi connectivity index (χ1n) is 13.7. The molecular weight excluding hydrogens is 515 g/mol. The summed E-state index contributed by atoms with van der Waals surface area (Å²) >= 11 is 0. The maximum atomic E-state index is 14.6.